The molecule has 0 unspecified atom stereocenters. The molecule has 3 aromatic rings. The lowest BCUT2D eigenvalue weighted by atomic mass is 10.1. The molecular formula is C24H16Cl2FN3O3S. The summed E-state index contributed by atoms with van der Waals surface area (Å²) in [6, 6.07) is 15.5. The van der Waals surface area contributed by atoms with Crippen LogP contribution in [0.3, 0.4) is 0 Å². The molecule has 0 spiro atoms. The van der Waals surface area contributed by atoms with Gasteiger partial charge in [0.2, 0.25) is 5.91 Å². The second kappa shape index (κ2) is 10.3. The predicted molar refractivity (Wildman–Crippen MR) is 129 cm³/mol. The quantitative estimate of drug-likeness (QED) is 0.347. The zero-order chi connectivity index (χ0) is 24.2. The summed E-state index contributed by atoms with van der Waals surface area (Å²) in [4.78, 5) is 27.6. The van der Waals surface area contributed by atoms with Gasteiger partial charge in [0.25, 0.3) is 5.91 Å². The van der Waals surface area contributed by atoms with Crippen LogP contribution in [-0.4, -0.2) is 17.1 Å². The molecule has 0 bridgehead atoms. The first-order chi connectivity index (χ1) is 16.4. The van der Waals surface area contributed by atoms with Gasteiger partial charge in [0.1, 0.15) is 28.2 Å². The Bertz CT molecular complexity index is 1300. The van der Waals surface area contributed by atoms with Crippen LogP contribution >= 0.6 is 35.0 Å². The molecule has 0 radical (unpaired) electrons. The third kappa shape index (κ3) is 5.12. The van der Waals surface area contributed by atoms with E-state index in [1.54, 1.807) is 30.3 Å². The lowest BCUT2D eigenvalue weighted by molar-refractivity contribution is -0.117. The number of nitrogens with one attached hydrogen (secondary N) is 1. The highest BCUT2D eigenvalue weighted by Gasteiger charge is 2.41. The molecule has 10 heteroatoms. The van der Waals surface area contributed by atoms with Crippen LogP contribution in [-0.2, 0) is 22.6 Å². The highest BCUT2D eigenvalue weighted by Crippen LogP contribution is 2.42. The Morgan fingerprint density at radius 1 is 1.21 bits per heavy atom. The van der Waals surface area contributed by atoms with E-state index in [0.717, 1.165) is 11.8 Å². The molecule has 1 saturated heterocycles. The summed E-state index contributed by atoms with van der Waals surface area (Å²) >= 11 is 13.5. The minimum atomic E-state index is -0.683. The number of benzene rings is 2. The standard InChI is InChI=1S/C24H16Cl2FN3O3S/c25-15-3-8-20(26)14(10-15)11-21-23(32)30(17-6-4-16(27)5-7-17)24(34-21)19(12-28)22(31)29-13-18-2-1-9-33-18/h1-10,21H,11,13H2,(H,29,31)/b24-19-/t21-/m0/s1. The van der Waals surface area contributed by atoms with Gasteiger partial charge in [0, 0.05) is 15.7 Å². The third-order valence-corrected chi connectivity index (χ3v) is 6.87. The van der Waals surface area contributed by atoms with Gasteiger partial charge in [-0.1, -0.05) is 35.0 Å². The van der Waals surface area contributed by atoms with Crippen LogP contribution in [0.5, 0.6) is 0 Å². The molecule has 172 valence electrons. The van der Waals surface area contributed by atoms with Crippen LogP contribution in [0.15, 0.2) is 75.9 Å². The smallest absolute Gasteiger partial charge is 0.265 e. The van der Waals surface area contributed by atoms with Crippen LogP contribution in [0.1, 0.15) is 11.3 Å². The highest BCUT2D eigenvalue weighted by atomic mass is 35.5. The van der Waals surface area contributed by atoms with Crippen LogP contribution in [0.25, 0.3) is 0 Å². The summed E-state index contributed by atoms with van der Waals surface area (Å²) in [5, 5.41) is 12.8. The number of carbonyl (C=O) groups is 2. The number of nitriles is 1. The lowest BCUT2D eigenvalue weighted by Crippen LogP contribution is -2.32. The van der Waals surface area contributed by atoms with Gasteiger partial charge in [-0.2, -0.15) is 5.26 Å². The average Bonchev–Trinajstić information content (AvgIpc) is 3.45. The van der Waals surface area contributed by atoms with Gasteiger partial charge < -0.3 is 9.73 Å². The molecule has 1 aliphatic heterocycles. The Morgan fingerprint density at radius 2 is 1.97 bits per heavy atom. The van der Waals surface area contributed by atoms with Gasteiger partial charge in [-0.15, -0.1) is 0 Å². The van der Waals surface area contributed by atoms with Crippen molar-refractivity contribution >= 4 is 52.5 Å². The van der Waals surface area contributed by atoms with Crippen molar-refractivity contribution in [2.45, 2.75) is 18.2 Å². The average molecular weight is 516 g/mol. The van der Waals surface area contributed by atoms with Crippen LogP contribution in [0.2, 0.25) is 10.0 Å². The number of carbonyl (C=O) groups excluding carboxylic acids is 2. The summed E-state index contributed by atoms with van der Waals surface area (Å²) in [5.41, 5.74) is 0.746. The third-order valence-electron chi connectivity index (χ3n) is 5.01. The first-order valence-electron chi connectivity index (χ1n) is 10.0. The SMILES string of the molecule is N#C/C(C(=O)NCc1ccco1)=C1/S[C@@H](Cc2cc(Cl)ccc2Cl)C(=O)N1c1ccc(F)cc1. The van der Waals surface area contributed by atoms with Crippen molar-refractivity contribution in [2.24, 2.45) is 0 Å². The second-order valence-electron chi connectivity index (χ2n) is 7.25. The fraction of sp³-hybridized carbons (Fsp3) is 0.125. The van der Waals surface area contributed by atoms with Crippen molar-refractivity contribution in [3.8, 4) is 6.07 Å². The largest absolute Gasteiger partial charge is 0.467 e. The number of anilines is 1. The monoisotopic (exact) mass is 515 g/mol. The number of nitrogens with zero attached hydrogens (tertiary/aromatic N) is 2. The van der Waals surface area contributed by atoms with Crippen molar-refractivity contribution in [1.82, 2.24) is 5.32 Å². The second-order valence-corrected chi connectivity index (χ2v) is 9.29. The molecule has 0 aliphatic carbocycles. The number of furan rings is 1. The summed E-state index contributed by atoms with van der Waals surface area (Å²) in [6.45, 7) is 0.0704. The van der Waals surface area contributed by atoms with Gasteiger partial charge in [0.15, 0.2) is 0 Å². The number of rotatable bonds is 6. The Labute approximate surface area is 208 Å². The molecule has 2 amide bonds. The summed E-state index contributed by atoms with van der Waals surface area (Å²) in [7, 11) is 0. The normalized spacial score (nSPS) is 16.9. The molecule has 1 N–H and O–H groups in total. The molecule has 1 fully saturated rings. The molecule has 1 aromatic heterocycles. The maximum atomic E-state index is 13.5. The highest BCUT2D eigenvalue weighted by molar-refractivity contribution is 8.05. The topological polar surface area (TPSA) is 86.3 Å². The molecule has 6 nitrogen and oxygen atoms in total. The van der Waals surface area contributed by atoms with E-state index in [9.17, 15) is 19.2 Å². The molecule has 34 heavy (non-hydrogen) atoms. The van der Waals surface area contributed by atoms with E-state index >= 15 is 0 Å². The van der Waals surface area contributed by atoms with E-state index in [1.807, 2.05) is 6.07 Å². The zero-order valence-electron chi connectivity index (χ0n) is 17.4. The maximum Gasteiger partial charge on any atom is 0.265 e. The Balaban J connectivity index is 1.70. The van der Waals surface area contributed by atoms with Crippen LogP contribution in [0.4, 0.5) is 10.1 Å². The summed E-state index contributed by atoms with van der Waals surface area (Å²) < 4.78 is 18.7. The fourth-order valence-corrected chi connectivity index (χ4v) is 5.07. The predicted octanol–water partition coefficient (Wildman–Crippen LogP) is 5.47. The van der Waals surface area contributed by atoms with Gasteiger partial charge >= 0.3 is 0 Å². The van der Waals surface area contributed by atoms with E-state index in [-0.39, 0.29) is 29.5 Å². The van der Waals surface area contributed by atoms with E-state index in [4.69, 9.17) is 27.6 Å². The van der Waals surface area contributed by atoms with Crippen LogP contribution in [0, 0.1) is 17.1 Å². The molecule has 1 atom stereocenters. The Kier molecular flexibility index (Phi) is 7.27. The van der Waals surface area contributed by atoms with E-state index in [0.29, 0.717) is 27.1 Å². The van der Waals surface area contributed by atoms with Crippen molar-refractivity contribution in [1.29, 1.82) is 5.26 Å². The van der Waals surface area contributed by atoms with Crippen molar-refractivity contribution in [3.05, 3.63) is 98.6 Å². The van der Waals surface area contributed by atoms with Crippen molar-refractivity contribution in [3.63, 3.8) is 0 Å². The molecule has 2 aromatic carbocycles. The van der Waals surface area contributed by atoms with Crippen molar-refractivity contribution in [2.75, 3.05) is 4.90 Å². The maximum absolute atomic E-state index is 13.5. The van der Waals surface area contributed by atoms with Gasteiger partial charge in [0.05, 0.1) is 18.1 Å². The molecule has 2 heterocycles. The molecule has 0 saturated carbocycles. The number of halogens is 3. The first kappa shape index (κ1) is 23.9. The summed E-state index contributed by atoms with van der Waals surface area (Å²) in [5.74, 6) is -1.00. The zero-order valence-corrected chi connectivity index (χ0v) is 19.8. The minimum absolute atomic E-state index is 0.0704. The van der Waals surface area contributed by atoms with E-state index < -0.39 is 17.0 Å². The van der Waals surface area contributed by atoms with Gasteiger partial charge in [-0.25, -0.2) is 4.39 Å². The first-order valence-corrected chi connectivity index (χ1v) is 11.7. The molecule has 4 rings (SSSR count). The number of hydrogen-bond donors (Lipinski definition) is 1. The van der Waals surface area contributed by atoms with Gasteiger partial charge in [-0.3, -0.25) is 14.5 Å². The minimum Gasteiger partial charge on any atom is -0.467 e. The Morgan fingerprint density at radius 3 is 2.65 bits per heavy atom. The van der Waals surface area contributed by atoms with Crippen molar-refractivity contribution < 1.29 is 18.4 Å². The number of hydrogen-bond acceptors (Lipinski definition) is 5. The van der Waals surface area contributed by atoms with Gasteiger partial charge in [-0.05, 0) is 66.6 Å². The number of thioether (sulfide) groups is 1. The summed E-state index contributed by atoms with van der Waals surface area (Å²) in [6.07, 6.45) is 1.69. The lowest BCUT2D eigenvalue weighted by Gasteiger charge is -2.18. The van der Waals surface area contributed by atoms with Crippen LogP contribution < -0.4 is 10.2 Å². The Hall–Kier alpha value is -3.25. The fourth-order valence-electron chi connectivity index (χ4n) is 3.38. The number of amides is 2. The molecular weight excluding hydrogens is 500 g/mol. The molecule has 1 aliphatic rings. The van der Waals surface area contributed by atoms with E-state index in [2.05, 4.69) is 5.32 Å². The van der Waals surface area contributed by atoms with E-state index in [1.165, 1.54) is 35.4 Å².